The molecule has 23 heavy (non-hydrogen) atoms. The Balaban J connectivity index is 2.20. The third-order valence-electron chi connectivity index (χ3n) is 4.39. The zero-order valence-electron chi connectivity index (χ0n) is 13.6. The number of aryl methyl sites for hydroxylation is 2. The molecule has 0 saturated carbocycles. The Morgan fingerprint density at radius 1 is 1.04 bits per heavy atom. The Bertz CT molecular complexity index is 818. The number of fused-ring (bicyclic) bond motifs is 1. The van der Waals surface area contributed by atoms with Crippen LogP contribution in [0.4, 0.5) is 4.39 Å². The highest BCUT2D eigenvalue weighted by molar-refractivity contribution is 5.93. The fourth-order valence-electron chi connectivity index (χ4n) is 3.15. The Hall–Kier alpha value is -2.42. The average Bonchev–Trinajstić information content (AvgIpc) is 2.54. The molecule has 0 fully saturated rings. The van der Waals surface area contributed by atoms with Gasteiger partial charge in [-0.2, -0.15) is 0 Å². The van der Waals surface area contributed by atoms with E-state index in [1.807, 2.05) is 38.1 Å². The van der Waals surface area contributed by atoms with Crippen LogP contribution in [0.2, 0.25) is 0 Å². The lowest BCUT2D eigenvalue weighted by molar-refractivity contribution is 0.0600. The van der Waals surface area contributed by atoms with Gasteiger partial charge in [0.2, 0.25) is 0 Å². The van der Waals surface area contributed by atoms with E-state index in [2.05, 4.69) is 0 Å². The van der Waals surface area contributed by atoms with Crippen molar-refractivity contribution in [1.29, 1.82) is 0 Å². The van der Waals surface area contributed by atoms with E-state index in [0.29, 0.717) is 11.1 Å². The van der Waals surface area contributed by atoms with Crippen molar-refractivity contribution >= 4 is 11.5 Å². The van der Waals surface area contributed by atoms with Gasteiger partial charge < -0.3 is 4.74 Å². The van der Waals surface area contributed by atoms with Gasteiger partial charge in [-0.05, 0) is 67.2 Å². The van der Waals surface area contributed by atoms with E-state index in [9.17, 15) is 9.18 Å². The molecule has 0 aliphatic heterocycles. The summed E-state index contributed by atoms with van der Waals surface area (Å²) in [7, 11) is 1.36. The van der Waals surface area contributed by atoms with Crippen LogP contribution < -0.4 is 0 Å². The summed E-state index contributed by atoms with van der Waals surface area (Å²) in [6.45, 7) is 3.90. The lowest BCUT2D eigenvalue weighted by Gasteiger charge is -2.23. The Morgan fingerprint density at radius 3 is 2.52 bits per heavy atom. The minimum atomic E-state index is -0.375. The molecule has 2 aromatic rings. The van der Waals surface area contributed by atoms with Crippen molar-refractivity contribution in [3.05, 3.63) is 75.6 Å². The number of benzene rings is 2. The Kier molecular flexibility index (Phi) is 4.03. The fourth-order valence-corrected chi connectivity index (χ4v) is 3.15. The van der Waals surface area contributed by atoms with Gasteiger partial charge in [-0.1, -0.05) is 23.8 Å². The van der Waals surface area contributed by atoms with Crippen LogP contribution in [0, 0.1) is 12.7 Å². The number of hydrogen-bond donors (Lipinski definition) is 0. The van der Waals surface area contributed by atoms with Crippen LogP contribution in [0.5, 0.6) is 0 Å². The number of methoxy groups -OCH3 is 1. The normalized spacial score (nSPS) is 13.7. The van der Waals surface area contributed by atoms with Gasteiger partial charge in [0.15, 0.2) is 0 Å². The third-order valence-corrected chi connectivity index (χ3v) is 4.39. The van der Waals surface area contributed by atoms with Crippen LogP contribution >= 0.6 is 0 Å². The van der Waals surface area contributed by atoms with Crippen LogP contribution in [-0.2, 0) is 11.2 Å². The van der Waals surface area contributed by atoms with Gasteiger partial charge >= 0.3 is 5.97 Å². The summed E-state index contributed by atoms with van der Waals surface area (Å²) in [6, 6.07) is 10.8. The molecule has 0 spiro atoms. The maximum atomic E-state index is 14.5. The molecule has 2 aromatic carbocycles. The van der Waals surface area contributed by atoms with E-state index in [1.165, 1.54) is 7.11 Å². The first-order valence-corrected chi connectivity index (χ1v) is 7.69. The topological polar surface area (TPSA) is 26.3 Å². The molecule has 1 aliphatic rings. The van der Waals surface area contributed by atoms with Gasteiger partial charge in [0.25, 0.3) is 0 Å². The summed E-state index contributed by atoms with van der Waals surface area (Å²) in [6.07, 6.45) is 1.80. The molecular weight excluding hydrogens is 291 g/mol. The highest BCUT2D eigenvalue weighted by atomic mass is 19.1. The number of ether oxygens (including phenoxy) is 1. The Labute approximate surface area is 135 Å². The second-order valence-electron chi connectivity index (χ2n) is 6.00. The van der Waals surface area contributed by atoms with Gasteiger partial charge in [0.1, 0.15) is 5.82 Å². The predicted molar refractivity (Wildman–Crippen MR) is 88.9 cm³/mol. The van der Waals surface area contributed by atoms with Crippen LogP contribution in [-0.4, -0.2) is 13.1 Å². The summed E-state index contributed by atoms with van der Waals surface area (Å²) in [5.74, 6) is -0.601. The summed E-state index contributed by atoms with van der Waals surface area (Å²) in [4.78, 5) is 11.8. The number of esters is 1. The lowest BCUT2D eigenvalue weighted by Crippen LogP contribution is -2.09. The second-order valence-corrected chi connectivity index (χ2v) is 6.00. The molecule has 0 aromatic heterocycles. The monoisotopic (exact) mass is 310 g/mol. The number of halogens is 1. The first-order valence-electron chi connectivity index (χ1n) is 7.69. The van der Waals surface area contributed by atoms with Crippen molar-refractivity contribution < 1.29 is 13.9 Å². The second kappa shape index (κ2) is 5.99. The SMILES string of the molecule is COC(=O)c1ccc2c(c1)C(c1ccc(C)cc1F)=C(C)CC2. The molecule has 0 radical (unpaired) electrons. The van der Waals surface area contributed by atoms with E-state index in [1.54, 1.807) is 12.1 Å². The highest BCUT2D eigenvalue weighted by Crippen LogP contribution is 2.37. The molecular formula is C20H19FO2. The highest BCUT2D eigenvalue weighted by Gasteiger charge is 2.22. The van der Waals surface area contributed by atoms with E-state index < -0.39 is 0 Å². The first kappa shape index (κ1) is 15.5. The number of hydrogen-bond acceptors (Lipinski definition) is 2. The van der Waals surface area contributed by atoms with E-state index in [0.717, 1.165) is 40.7 Å². The molecule has 0 atom stereocenters. The molecule has 0 unspecified atom stereocenters. The summed E-state index contributed by atoms with van der Waals surface area (Å²) < 4.78 is 19.3. The molecule has 3 heteroatoms. The first-order chi connectivity index (χ1) is 11.0. The zero-order chi connectivity index (χ0) is 16.6. The average molecular weight is 310 g/mol. The fraction of sp³-hybridized carbons (Fsp3) is 0.250. The van der Waals surface area contributed by atoms with Crippen LogP contribution in [0.3, 0.4) is 0 Å². The molecule has 2 nitrogen and oxygen atoms in total. The predicted octanol–water partition coefficient (Wildman–Crippen LogP) is 4.69. The van der Waals surface area contributed by atoms with Gasteiger partial charge in [0.05, 0.1) is 12.7 Å². The summed E-state index contributed by atoms with van der Waals surface area (Å²) in [5, 5.41) is 0. The standard InChI is InChI=1S/C20H19FO2/c1-12-4-9-16(18(21)10-12)19-13(2)5-6-14-7-8-15(11-17(14)19)20(22)23-3/h4,7-11H,5-6H2,1-3H3. The van der Waals surface area contributed by atoms with Crippen molar-refractivity contribution in [3.8, 4) is 0 Å². The van der Waals surface area contributed by atoms with Crippen molar-refractivity contribution in [2.75, 3.05) is 7.11 Å². The third kappa shape index (κ3) is 2.79. The van der Waals surface area contributed by atoms with Crippen LogP contribution in [0.15, 0.2) is 42.0 Å². The van der Waals surface area contributed by atoms with E-state index in [-0.39, 0.29) is 11.8 Å². The smallest absolute Gasteiger partial charge is 0.337 e. The quantitative estimate of drug-likeness (QED) is 0.752. The molecule has 0 amide bonds. The molecule has 0 heterocycles. The molecule has 3 rings (SSSR count). The van der Waals surface area contributed by atoms with Gasteiger partial charge in [-0.3, -0.25) is 0 Å². The van der Waals surface area contributed by atoms with Crippen molar-refractivity contribution in [3.63, 3.8) is 0 Å². The van der Waals surface area contributed by atoms with Crippen LogP contribution in [0.1, 0.15) is 46.0 Å². The molecule has 1 aliphatic carbocycles. The minimum Gasteiger partial charge on any atom is -0.465 e. The summed E-state index contributed by atoms with van der Waals surface area (Å²) in [5.41, 5.74) is 6.08. The largest absolute Gasteiger partial charge is 0.465 e. The molecule has 0 saturated heterocycles. The summed E-state index contributed by atoms with van der Waals surface area (Å²) >= 11 is 0. The van der Waals surface area contributed by atoms with Crippen molar-refractivity contribution in [1.82, 2.24) is 0 Å². The van der Waals surface area contributed by atoms with E-state index >= 15 is 0 Å². The van der Waals surface area contributed by atoms with Crippen molar-refractivity contribution in [2.45, 2.75) is 26.7 Å². The van der Waals surface area contributed by atoms with Gasteiger partial charge in [-0.25, -0.2) is 9.18 Å². The Morgan fingerprint density at radius 2 is 1.83 bits per heavy atom. The number of rotatable bonds is 2. The van der Waals surface area contributed by atoms with Gasteiger partial charge in [0, 0.05) is 5.56 Å². The molecule has 0 bridgehead atoms. The minimum absolute atomic E-state index is 0.226. The maximum absolute atomic E-state index is 14.5. The van der Waals surface area contributed by atoms with Crippen molar-refractivity contribution in [2.24, 2.45) is 0 Å². The lowest BCUT2D eigenvalue weighted by atomic mass is 9.81. The zero-order valence-corrected chi connectivity index (χ0v) is 13.6. The number of allylic oxidation sites excluding steroid dienone is 1. The van der Waals surface area contributed by atoms with Crippen LogP contribution in [0.25, 0.3) is 5.57 Å². The number of carbonyl (C=O) groups excluding carboxylic acids is 1. The number of carbonyl (C=O) groups is 1. The maximum Gasteiger partial charge on any atom is 0.337 e. The van der Waals surface area contributed by atoms with Gasteiger partial charge in [-0.15, -0.1) is 0 Å². The van der Waals surface area contributed by atoms with E-state index in [4.69, 9.17) is 4.74 Å². The molecule has 0 N–H and O–H groups in total. The molecule has 118 valence electrons.